The van der Waals surface area contributed by atoms with E-state index in [1.54, 1.807) is 6.07 Å². The highest BCUT2D eigenvalue weighted by Crippen LogP contribution is 2.28. The van der Waals surface area contributed by atoms with Gasteiger partial charge in [0.25, 0.3) is 0 Å². The Morgan fingerprint density at radius 1 is 1.37 bits per heavy atom. The average Bonchev–Trinajstić information content (AvgIpc) is 2.87. The molecule has 0 spiro atoms. The average molecular weight is 302 g/mol. The van der Waals surface area contributed by atoms with Gasteiger partial charge in [0.05, 0.1) is 0 Å². The third-order valence-electron chi connectivity index (χ3n) is 3.75. The summed E-state index contributed by atoms with van der Waals surface area (Å²) in [5, 5.41) is 3.30. The molecule has 1 aromatic heterocycles. The standard InChI is InChI=1S/C13H22N2O2S2/c1-3-11-4-5-12(18-11)19(16,17)15-10-13(2)6-8-14-9-7-13/h4-5,14-15H,3,6-10H2,1-2H3. The number of hydrogen-bond donors (Lipinski definition) is 2. The van der Waals surface area contributed by atoms with Crippen LogP contribution in [0.3, 0.4) is 0 Å². The summed E-state index contributed by atoms with van der Waals surface area (Å²) < 4.78 is 27.7. The third-order valence-corrected chi connectivity index (χ3v) is 6.87. The van der Waals surface area contributed by atoms with Gasteiger partial charge in [-0.05, 0) is 49.9 Å². The molecule has 0 aliphatic carbocycles. The van der Waals surface area contributed by atoms with E-state index >= 15 is 0 Å². The van der Waals surface area contributed by atoms with Crippen LogP contribution in [-0.4, -0.2) is 28.1 Å². The van der Waals surface area contributed by atoms with Crippen molar-refractivity contribution in [1.82, 2.24) is 10.0 Å². The molecule has 1 aliphatic heterocycles. The van der Waals surface area contributed by atoms with Crippen molar-refractivity contribution in [3.63, 3.8) is 0 Å². The summed E-state index contributed by atoms with van der Waals surface area (Å²) in [6.07, 6.45) is 2.91. The Balaban J connectivity index is 2.01. The van der Waals surface area contributed by atoms with Crippen molar-refractivity contribution >= 4 is 21.4 Å². The Morgan fingerprint density at radius 3 is 2.63 bits per heavy atom. The zero-order valence-corrected chi connectivity index (χ0v) is 13.2. The minimum atomic E-state index is -3.34. The first-order chi connectivity index (χ1) is 8.95. The lowest BCUT2D eigenvalue weighted by Gasteiger charge is -2.33. The number of piperidine rings is 1. The van der Waals surface area contributed by atoms with Crippen LogP contribution in [0.5, 0.6) is 0 Å². The van der Waals surface area contributed by atoms with Crippen LogP contribution in [0.4, 0.5) is 0 Å². The minimum absolute atomic E-state index is 0.0726. The highest BCUT2D eigenvalue weighted by atomic mass is 32.2. The van der Waals surface area contributed by atoms with Crippen LogP contribution in [-0.2, 0) is 16.4 Å². The van der Waals surface area contributed by atoms with Crippen LogP contribution in [0.2, 0.25) is 0 Å². The van der Waals surface area contributed by atoms with E-state index in [1.165, 1.54) is 11.3 Å². The Hall–Kier alpha value is -0.430. The summed E-state index contributed by atoms with van der Waals surface area (Å²) in [7, 11) is -3.34. The molecule has 2 N–H and O–H groups in total. The van der Waals surface area contributed by atoms with Gasteiger partial charge in [-0.1, -0.05) is 13.8 Å². The van der Waals surface area contributed by atoms with Crippen molar-refractivity contribution in [2.45, 2.75) is 37.3 Å². The number of aryl methyl sites for hydroxylation is 1. The molecule has 1 fully saturated rings. The van der Waals surface area contributed by atoms with Crippen LogP contribution in [0, 0.1) is 5.41 Å². The first-order valence-corrected chi connectivity index (χ1v) is 9.04. The van der Waals surface area contributed by atoms with Gasteiger partial charge in [-0.15, -0.1) is 11.3 Å². The highest BCUT2D eigenvalue weighted by molar-refractivity contribution is 7.91. The maximum absolute atomic E-state index is 12.2. The molecule has 0 aromatic carbocycles. The molecular formula is C13H22N2O2S2. The Kier molecular flexibility index (Phi) is 4.66. The fourth-order valence-corrected chi connectivity index (χ4v) is 4.78. The van der Waals surface area contributed by atoms with Gasteiger partial charge in [0, 0.05) is 11.4 Å². The molecule has 0 radical (unpaired) electrons. The van der Waals surface area contributed by atoms with Crippen molar-refractivity contribution in [3.05, 3.63) is 17.0 Å². The summed E-state index contributed by atoms with van der Waals surface area (Å²) in [4.78, 5) is 1.11. The van der Waals surface area contributed by atoms with Gasteiger partial charge in [0.15, 0.2) is 0 Å². The summed E-state index contributed by atoms with van der Waals surface area (Å²) in [6.45, 7) is 6.65. The van der Waals surface area contributed by atoms with Gasteiger partial charge >= 0.3 is 0 Å². The van der Waals surface area contributed by atoms with Crippen LogP contribution in [0.25, 0.3) is 0 Å². The quantitative estimate of drug-likeness (QED) is 0.874. The Labute approximate surface area is 119 Å². The molecule has 108 valence electrons. The van der Waals surface area contributed by atoms with E-state index in [2.05, 4.69) is 17.0 Å². The summed E-state index contributed by atoms with van der Waals surface area (Å²) in [5.41, 5.74) is 0.0726. The van der Waals surface area contributed by atoms with Gasteiger partial charge < -0.3 is 5.32 Å². The smallest absolute Gasteiger partial charge is 0.250 e. The fraction of sp³-hybridized carbons (Fsp3) is 0.692. The molecular weight excluding hydrogens is 280 g/mol. The molecule has 0 amide bonds. The van der Waals surface area contributed by atoms with E-state index in [1.807, 2.05) is 13.0 Å². The molecule has 0 atom stereocenters. The SMILES string of the molecule is CCc1ccc(S(=O)(=O)NCC2(C)CCNCC2)s1. The zero-order chi connectivity index (χ0) is 13.9. The lowest BCUT2D eigenvalue weighted by molar-refractivity contribution is 0.232. The van der Waals surface area contributed by atoms with E-state index in [4.69, 9.17) is 0 Å². The maximum Gasteiger partial charge on any atom is 0.250 e. The molecule has 1 aliphatic rings. The van der Waals surface area contributed by atoms with Crippen LogP contribution >= 0.6 is 11.3 Å². The topological polar surface area (TPSA) is 58.2 Å². The van der Waals surface area contributed by atoms with E-state index in [9.17, 15) is 8.42 Å². The first kappa shape index (κ1) is 15.0. The second kappa shape index (κ2) is 5.91. The second-order valence-corrected chi connectivity index (χ2v) is 8.62. The zero-order valence-electron chi connectivity index (χ0n) is 11.5. The van der Waals surface area contributed by atoms with E-state index in [0.717, 1.165) is 37.2 Å². The lowest BCUT2D eigenvalue weighted by Crippen LogP contribution is -2.42. The summed E-state index contributed by atoms with van der Waals surface area (Å²) in [6, 6.07) is 3.60. The number of nitrogens with one attached hydrogen (secondary N) is 2. The molecule has 1 aromatic rings. The highest BCUT2D eigenvalue weighted by Gasteiger charge is 2.29. The van der Waals surface area contributed by atoms with Crippen molar-refractivity contribution in [2.24, 2.45) is 5.41 Å². The molecule has 19 heavy (non-hydrogen) atoms. The Bertz CT molecular complexity index is 517. The van der Waals surface area contributed by atoms with Gasteiger partial charge in [-0.2, -0.15) is 0 Å². The molecule has 6 heteroatoms. The van der Waals surface area contributed by atoms with Crippen molar-refractivity contribution in [2.75, 3.05) is 19.6 Å². The monoisotopic (exact) mass is 302 g/mol. The van der Waals surface area contributed by atoms with Gasteiger partial charge in [-0.25, -0.2) is 13.1 Å². The predicted octanol–water partition coefficient (Wildman–Crippen LogP) is 1.98. The molecule has 2 rings (SSSR count). The third kappa shape index (κ3) is 3.78. The number of sulfonamides is 1. The fourth-order valence-electron chi connectivity index (χ4n) is 2.24. The lowest BCUT2D eigenvalue weighted by atomic mass is 9.81. The van der Waals surface area contributed by atoms with Crippen LogP contribution in [0.1, 0.15) is 31.6 Å². The van der Waals surface area contributed by atoms with Gasteiger partial charge in [-0.3, -0.25) is 0 Å². The largest absolute Gasteiger partial charge is 0.317 e. The van der Waals surface area contributed by atoms with Crippen molar-refractivity contribution < 1.29 is 8.42 Å². The summed E-state index contributed by atoms with van der Waals surface area (Å²) in [5.74, 6) is 0. The Morgan fingerprint density at radius 2 is 2.05 bits per heavy atom. The van der Waals surface area contributed by atoms with Crippen molar-refractivity contribution in [1.29, 1.82) is 0 Å². The minimum Gasteiger partial charge on any atom is -0.317 e. The van der Waals surface area contributed by atoms with E-state index in [-0.39, 0.29) is 5.41 Å². The molecule has 0 saturated carbocycles. The predicted molar refractivity (Wildman–Crippen MR) is 79.1 cm³/mol. The normalized spacial score (nSPS) is 19.5. The summed E-state index contributed by atoms with van der Waals surface area (Å²) >= 11 is 1.36. The van der Waals surface area contributed by atoms with E-state index in [0.29, 0.717) is 10.8 Å². The van der Waals surface area contributed by atoms with Crippen LogP contribution < -0.4 is 10.0 Å². The molecule has 0 unspecified atom stereocenters. The number of rotatable bonds is 5. The van der Waals surface area contributed by atoms with Gasteiger partial charge in [0.1, 0.15) is 4.21 Å². The molecule has 1 saturated heterocycles. The molecule has 0 bridgehead atoms. The maximum atomic E-state index is 12.2. The second-order valence-electron chi connectivity index (χ2n) is 5.46. The molecule has 2 heterocycles. The van der Waals surface area contributed by atoms with Crippen molar-refractivity contribution in [3.8, 4) is 0 Å². The van der Waals surface area contributed by atoms with E-state index < -0.39 is 10.0 Å². The first-order valence-electron chi connectivity index (χ1n) is 6.74. The number of thiophene rings is 1. The van der Waals surface area contributed by atoms with Gasteiger partial charge in [0.2, 0.25) is 10.0 Å². The van der Waals surface area contributed by atoms with Crippen LogP contribution in [0.15, 0.2) is 16.3 Å². The number of hydrogen-bond acceptors (Lipinski definition) is 4. The molecule has 4 nitrogen and oxygen atoms in total.